The highest BCUT2D eigenvalue weighted by atomic mass is 16.7. The molecule has 0 radical (unpaired) electrons. The number of amides is 5. The number of carbonyl (C=O) groups excluding carboxylic acids is 6. The van der Waals surface area contributed by atoms with Crippen molar-refractivity contribution in [1.29, 1.82) is 0 Å². The maximum absolute atomic E-state index is 11.7. The van der Waals surface area contributed by atoms with Crippen molar-refractivity contribution in [2.24, 2.45) is 0 Å². The predicted molar refractivity (Wildman–Crippen MR) is 84.6 cm³/mol. The van der Waals surface area contributed by atoms with Crippen LogP contribution in [0.25, 0.3) is 0 Å². The summed E-state index contributed by atoms with van der Waals surface area (Å²) < 4.78 is 0. The first kappa shape index (κ1) is 19.5. The van der Waals surface area contributed by atoms with Gasteiger partial charge in [0.1, 0.15) is 6.54 Å². The van der Waals surface area contributed by atoms with Crippen LogP contribution in [0.4, 0.5) is 0 Å². The Labute approximate surface area is 149 Å². The predicted octanol–water partition coefficient (Wildman–Crippen LogP) is -0.581. The summed E-state index contributed by atoms with van der Waals surface area (Å²) in [5, 5.41) is 2.78. The second-order valence-electron chi connectivity index (χ2n) is 6.07. The van der Waals surface area contributed by atoms with E-state index in [-0.39, 0.29) is 49.8 Å². The lowest BCUT2D eigenvalue weighted by Gasteiger charge is -2.13. The van der Waals surface area contributed by atoms with Gasteiger partial charge in [-0.3, -0.25) is 28.9 Å². The van der Waals surface area contributed by atoms with Crippen molar-refractivity contribution in [3.05, 3.63) is 0 Å². The SMILES string of the molecule is O=C(CCCCCN1C(=O)CCC1=O)NCC(=O)ON1C(=O)CCC1=O. The number of carbonyl (C=O) groups is 6. The monoisotopic (exact) mass is 367 g/mol. The molecule has 0 aromatic heterocycles. The van der Waals surface area contributed by atoms with E-state index in [4.69, 9.17) is 0 Å². The molecule has 2 aliphatic heterocycles. The van der Waals surface area contributed by atoms with Gasteiger partial charge in [-0.15, -0.1) is 5.06 Å². The van der Waals surface area contributed by atoms with Crippen LogP contribution in [0.15, 0.2) is 0 Å². The smallest absolute Gasteiger partial charge is 0.345 e. The van der Waals surface area contributed by atoms with Crippen LogP contribution in [0.3, 0.4) is 0 Å². The molecule has 10 nitrogen and oxygen atoms in total. The summed E-state index contributed by atoms with van der Waals surface area (Å²) in [6.07, 6.45) is 2.55. The third kappa shape index (κ3) is 5.36. The zero-order valence-corrected chi connectivity index (χ0v) is 14.3. The van der Waals surface area contributed by atoms with Gasteiger partial charge in [0.05, 0.1) is 0 Å². The number of nitrogens with zero attached hydrogens (tertiary/aromatic N) is 2. The van der Waals surface area contributed by atoms with Crippen LogP contribution >= 0.6 is 0 Å². The van der Waals surface area contributed by atoms with Crippen molar-refractivity contribution in [2.75, 3.05) is 13.1 Å². The maximum Gasteiger partial charge on any atom is 0.352 e. The Morgan fingerprint density at radius 1 is 0.846 bits per heavy atom. The van der Waals surface area contributed by atoms with E-state index in [2.05, 4.69) is 10.2 Å². The minimum Gasteiger partial charge on any atom is -0.345 e. The molecule has 2 rings (SSSR count). The highest BCUT2D eigenvalue weighted by Crippen LogP contribution is 2.13. The van der Waals surface area contributed by atoms with Crippen LogP contribution in [-0.4, -0.2) is 58.6 Å². The Morgan fingerprint density at radius 3 is 2.04 bits per heavy atom. The molecule has 0 bridgehead atoms. The molecule has 2 fully saturated rings. The van der Waals surface area contributed by atoms with Gasteiger partial charge in [-0.1, -0.05) is 6.42 Å². The molecular weight excluding hydrogens is 346 g/mol. The number of nitrogens with one attached hydrogen (secondary N) is 1. The lowest BCUT2D eigenvalue weighted by atomic mass is 10.2. The minimum absolute atomic E-state index is 0.00704. The second-order valence-corrected chi connectivity index (χ2v) is 6.07. The summed E-state index contributed by atoms with van der Waals surface area (Å²) >= 11 is 0. The lowest BCUT2D eigenvalue weighted by Crippen LogP contribution is -2.37. The lowest BCUT2D eigenvalue weighted by molar-refractivity contribution is -0.196. The van der Waals surface area contributed by atoms with Gasteiger partial charge in [-0.2, -0.15) is 0 Å². The van der Waals surface area contributed by atoms with Gasteiger partial charge in [-0.25, -0.2) is 4.79 Å². The van der Waals surface area contributed by atoms with E-state index in [0.717, 1.165) is 0 Å². The second kappa shape index (κ2) is 9.07. The Hall–Kier alpha value is -2.78. The summed E-state index contributed by atoms with van der Waals surface area (Å²) in [4.78, 5) is 74.5. The fourth-order valence-electron chi connectivity index (χ4n) is 2.66. The molecule has 26 heavy (non-hydrogen) atoms. The van der Waals surface area contributed by atoms with E-state index in [1.165, 1.54) is 4.90 Å². The third-order valence-corrected chi connectivity index (χ3v) is 4.07. The van der Waals surface area contributed by atoms with Crippen molar-refractivity contribution >= 4 is 35.5 Å². The van der Waals surface area contributed by atoms with Gasteiger partial charge in [0.2, 0.25) is 17.7 Å². The summed E-state index contributed by atoms with van der Waals surface area (Å²) in [5.74, 6) is -2.72. The summed E-state index contributed by atoms with van der Waals surface area (Å²) in [5.41, 5.74) is 0. The topological polar surface area (TPSA) is 130 Å². The number of hydroxylamine groups is 2. The van der Waals surface area contributed by atoms with Crippen molar-refractivity contribution in [2.45, 2.75) is 51.4 Å². The molecule has 0 aromatic rings. The molecule has 142 valence electrons. The third-order valence-electron chi connectivity index (χ3n) is 4.07. The number of unbranched alkanes of at least 4 members (excludes halogenated alkanes) is 2. The first-order valence-corrected chi connectivity index (χ1v) is 8.55. The Morgan fingerprint density at radius 2 is 1.42 bits per heavy atom. The first-order valence-electron chi connectivity index (χ1n) is 8.55. The fraction of sp³-hybridized carbons (Fsp3) is 0.625. The van der Waals surface area contributed by atoms with Crippen LogP contribution in [0.2, 0.25) is 0 Å². The van der Waals surface area contributed by atoms with Crippen LogP contribution in [0.1, 0.15) is 51.4 Å². The summed E-state index contributed by atoms with van der Waals surface area (Å²) in [6.45, 7) is -0.0732. The van der Waals surface area contributed by atoms with E-state index in [1.54, 1.807) is 0 Å². The summed E-state index contributed by atoms with van der Waals surface area (Å²) in [7, 11) is 0. The molecule has 0 saturated carbocycles. The first-order chi connectivity index (χ1) is 12.4. The molecule has 2 heterocycles. The number of hydrogen-bond acceptors (Lipinski definition) is 7. The average molecular weight is 367 g/mol. The van der Waals surface area contributed by atoms with Crippen molar-refractivity contribution in [3.8, 4) is 0 Å². The van der Waals surface area contributed by atoms with Crippen LogP contribution < -0.4 is 5.32 Å². The van der Waals surface area contributed by atoms with E-state index in [0.29, 0.717) is 30.9 Å². The van der Waals surface area contributed by atoms with Crippen molar-refractivity contribution in [1.82, 2.24) is 15.3 Å². The highest BCUT2D eigenvalue weighted by Gasteiger charge is 2.32. The fourth-order valence-corrected chi connectivity index (χ4v) is 2.66. The van der Waals surface area contributed by atoms with Gasteiger partial charge in [0.15, 0.2) is 0 Å². The number of hydrogen-bond donors (Lipinski definition) is 1. The van der Waals surface area contributed by atoms with Gasteiger partial charge in [0.25, 0.3) is 11.8 Å². The Bertz CT molecular complexity index is 599. The number of rotatable bonds is 9. The molecule has 0 aromatic carbocycles. The largest absolute Gasteiger partial charge is 0.352 e. The molecule has 0 unspecified atom stereocenters. The highest BCUT2D eigenvalue weighted by molar-refractivity contribution is 6.02. The molecule has 2 aliphatic rings. The van der Waals surface area contributed by atoms with E-state index < -0.39 is 24.3 Å². The van der Waals surface area contributed by atoms with Crippen molar-refractivity contribution < 1.29 is 33.6 Å². The molecule has 2 saturated heterocycles. The molecule has 0 atom stereocenters. The molecule has 0 aliphatic carbocycles. The van der Waals surface area contributed by atoms with Crippen LogP contribution in [0, 0.1) is 0 Å². The Kier molecular flexibility index (Phi) is 6.81. The van der Waals surface area contributed by atoms with Gasteiger partial charge in [-0.05, 0) is 12.8 Å². The van der Waals surface area contributed by atoms with E-state index in [1.807, 2.05) is 0 Å². The van der Waals surface area contributed by atoms with Crippen molar-refractivity contribution in [3.63, 3.8) is 0 Å². The van der Waals surface area contributed by atoms with E-state index in [9.17, 15) is 28.8 Å². The standard InChI is InChI=1S/C16H21N3O7/c20-11(4-2-1-3-9-18-12(21)5-6-13(18)22)17-10-16(25)26-19-14(23)7-8-15(19)24/h1-10H2,(H,17,20). The number of imide groups is 2. The molecule has 1 N–H and O–H groups in total. The molecule has 0 spiro atoms. The maximum atomic E-state index is 11.7. The van der Waals surface area contributed by atoms with Gasteiger partial charge in [0, 0.05) is 38.6 Å². The minimum atomic E-state index is -0.895. The van der Waals surface area contributed by atoms with Crippen LogP contribution in [-0.2, 0) is 33.6 Å². The normalized spacial score (nSPS) is 17.2. The molecule has 5 amide bonds. The molecule has 10 heteroatoms. The molecular formula is C16H21N3O7. The van der Waals surface area contributed by atoms with Gasteiger partial charge < -0.3 is 10.2 Å². The zero-order chi connectivity index (χ0) is 19.1. The quantitative estimate of drug-likeness (QED) is 0.426. The van der Waals surface area contributed by atoms with Crippen LogP contribution in [0.5, 0.6) is 0 Å². The zero-order valence-electron chi connectivity index (χ0n) is 14.3. The summed E-state index contributed by atoms with van der Waals surface area (Å²) in [6, 6.07) is 0. The van der Waals surface area contributed by atoms with E-state index >= 15 is 0 Å². The average Bonchev–Trinajstić information content (AvgIpc) is 3.09. The Balaban J connectivity index is 1.54. The number of likely N-dealkylation sites (tertiary alicyclic amines) is 1. The van der Waals surface area contributed by atoms with Gasteiger partial charge >= 0.3 is 5.97 Å².